The summed E-state index contributed by atoms with van der Waals surface area (Å²) in [6.45, 7) is 1.84. The number of rotatable bonds is 7. The maximum absolute atomic E-state index is 12.6. The molecule has 0 spiro atoms. The zero-order chi connectivity index (χ0) is 21.7. The summed E-state index contributed by atoms with van der Waals surface area (Å²) in [5.41, 5.74) is 1.19. The minimum atomic E-state index is -4.37. The Labute approximate surface area is 174 Å². The van der Waals surface area contributed by atoms with Gasteiger partial charge in [0.25, 0.3) is 5.24 Å². The quantitative estimate of drug-likeness (QED) is 0.513. The zero-order valence-electron chi connectivity index (χ0n) is 15.7. The highest BCUT2D eigenvalue weighted by molar-refractivity contribution is 8.15. The molecule has 1 atom stereocenters. The molecule has 0 radical (unpaired) electrons. The van der Waals surface area contributed by atoms with Crippen molar-refractivity contribution >= 4 is 28.6 Å². The predicted molar refractivity (Wildman–Crippen MR) is 105 cm³/mol. The molecule has 158 valence electrons. The van der Waals surface area contributed by atoms with Crippen molar-refractivity contribution in [2.45, 2.75) is 25.0 Å². The summed E-state index contributed by atoms with van der Waals surface area (Å²) in [6, 6.07) is 11.6. The summed E-state index contributed by atoms with van der Waals surface area (Å²) >= 11 is 0.894. The molecule has 2 aromatic rings. The Balaban J connectivity index is 1.50. The van der Waals surface area contributed by atoms with Crippen molar-refractivity contribution in [2.75, 3.05) is 6.61 Å². The van der Waals surface area contributed by atoms with Crippen LogP contribution in [0.25, 0.3) is 0 Å². The third-order valence-electron chi connectivity index (χ3n) is 4.15. The minimum absolute atomic E-state index is 0.0382. The number of hydrogen-bond acceptors (Lipinski definition) is 6. The molecular formula is C20H17F3N2O4S. The zero-order valence-corrected chi connectivity index (χ0v) is 16.5. The standard InChI is InChI=1S/C20H17F3N2O4S/c1-12(25-29-10-13-2-6-15(7-3-13)20(21,22)23)14-4-8-16(9-5-14)28-11-17-18(26)24-19(27)30-17/h2-9,17H,10-11H2,1H3,(H,24,26,27). The molecule has 1 fully saturated rings. The molecule has 0 aromatic heterocycles. The first-order valence-electron chi connectivity index (χ1n) is 8.80. The Morgan fingerprint density at radius 2 is 1.77 bits per heavy atom. The maximum atomic E-state index is 12.6. The SMILES string of the molecule is CC(=NOCc1ccc(C(F)(F)F)cc1)c1ccc(OCC2SC(=O)NC2=O)cc1. The first kappa shape index (κ1) is 21.7. The van der Waals surface area contributed by atoms with Crippen LogP contribution in [-0.2, 0) is 22.4 Å². The molecule has 3 rings (SSSR count). The van der Waals surface area contributed by atoms with Crippen LogP contribution in [0.1, 0.15) is 23.6 Å². The number of amides is 2. The van der Waals surface area contributed by atoms with Crippen molar-refractivity contribution in [3.63, 3.8) is 0 Å². The average Bonchev–Trinajstić information content (AvgIpc) is 3.03. The monoisotopic (exact) mass is 438 g/mol. The van der Waals surface area contributed by atoms with Crippen LogP contribution in [0.3, 0.4) is 0 Å². The molecule has 2 amide bonds. The number of carbonyl (C=O) groups is 2. The molecule has 1 unspecified atom stereocenters. The molecule has 1 aliphatic heterocycles. The van der Waals surface area contributed by atoms with Gasteiger partial charge in [-0.1, -0.05) is 17.3 Å². The summed E-state index contributed by atoms with van der Waals surface area (Å²) in [5.74, 6) is 0.166. The molecule has 6 nitrogen and oxygen atoms in total. The van der Waals surface area contributed by atoms with Gasteiger partial charge in [0.05, 0.1) is 11.3 Å². The van der Waals surface area contributed by atoms with Gasteiger partial charge in [-0.2, -0.15) is 13.2 Å². The lowest BCUT2D eigenvalue weighted by Crippen LogP contribution is -2.28. The number of nitrogens with one attached hydrogen (secondary N) is 1. The van der Waals surface area contributed by atoms with Crippen LogP contribution in [0.15, 0.2) is 53.7 Å². The molecule has 0 aliphatic carbocycles. The Kier molecular flexibility index (Phi) is 6.66. The number of oxime groups is 1. The number of carbonyl (C=O) groups excluding carboxylic acids is 2. The predicted octanol–water partition coefficient (Wildman–Crippen LogP) is 4.38. The largest absolute Gasteiger partial charge is 0.492 e. The highest BCUT2D eigenvalue weighted by Gasteiger charge is 2.32. The molecule has 0 saturated carbocycles. The van der Waals surface area contributed by atoms with Crippen LogP contribution in [-0.4, -0.2) is 28.7 Å². The Hall–Kier alpha value is -3.01. The van der Waals surface area contributed by atoms with Crippen LogP contribution >= 0.6 is 11.8 Å². The summed E-state index contributed by atoms with van der Waals surface area (Å²) in [6.07, 6.45) is -4.37. The number of nitrogens with zero attached hydrogens (tertiary/aromatic N) is 1. The lowest BCUT2D eigenvalue weighted by Gasteiger charge is -2.09. The molecule has 30 heavy (non-hydrogen) atoms. The van der Waals surface area contributed by atoms with Gasteiger partial charge in [-0.25, -0.2) is 0 Å². The van der Waals surface area contributed by atoms with E-state index in [2.05, 4.69) is 10.5 Å². The van der Waals surface area contributed by atoms with Crippen molar-refractivity contribution in [3.05, 3.63) is 65.2 Å². The molecule has 2 aromatic carbocycles. The number of thioether (sulfide) groups is 1. The van der Waals surface area contributed by atoms with Gasteiger partial charge >= 0.3 is 6.18 Å². The van der Waals surface area contributed by atoms with E-state index in [9.17, 15) is 22.8 Å². The van der Waals surface area contributed by atoms with Crippen molar-refractivity contribution in [3.8, 4) is 5.75 Å². The van der Waals surface area contributed by atoms with Crippen molar-refractivity contribution in [2.24, 2.45) is 5.16 Å². The van der Waals surface area contributed by atoms with Crippen molar-refractivity contribution in [1.82, 2.24) is 5.32 Å². The lowest BCUT2D eigenvalue weighted by atomic mass is 10.1. The highest BCUT2D eigenvalue weighted by Crippen LogP contribution is 2.29. The van der Waals surface area contributed by atoms with E-state index in [1.165, 1.54) is 12.1 Å². The van der Waals surface area contributed by atoms with Crippen LogP contribution < -0.4 is 10.1 Å². The summed E-state index contributed by atoms with van der Waals surface area (Å²) < 4.78 is 43.2. The first-order chi connectivity index (χ1) is 14.2. The van der Waals surface area contributed by atoms with E-state index in [1.54, 1.807) is 31.2 Å². The van der Waals surface area contributed by atoms with E-state index in [1.807, 2.05) is 0 Å². The molecule has 1 heterocycles. The van der Waals surface area contributed by atoms with Crippen molar-refractivity contribution < 1.29 is 32.3 Å². The van der Waals surface area contributed by atoms with E-state index >= 15 is 0 Å². The van der Waals surface area contributed by atoms with Gasteiger partial charge in [0.15, 0.2) is 0 Å². The fourth-order valence-corrected chi connectivity index (χ4v) is 3.23. The van der Waals surface area contributed by atoms with Gasteiger partial charge in [-0.15, -0.1) is 0 Å². The number of benzene rings is 2. The van der Waals surface area contributed by atoms with Gasteiger partial charge in [0.1, 0.15) is 24.2 Å². The summed E-state index contributed by atoms with van der Waals surface area (Å²) in [4.78, 5) is 27.9. The molecule has 10 heteroatoms. The number of hydrogen-bond donors (Lipinski definition) is 1. The lowest BCUT2D eigenvalue weighted by molar-refractivity contribution is -0.137. The van der Waals surface area contributed by atoms with Crippen LogP contribution in [0.4, 0.5) is 18.0 Å². The Bertz CT molecular complexity index is 944. The maximum Gasteiger partial charge on any atom is 0.416 e. The normalized spacial score (nSPS) is 17.1. The second-order valence-corrected chi connectivity index (χ2v) is 7.54. The van der Waals surface area contributed by atoms with E-state index in [0.29, 0.717) is 17.0 Å². The van der Waals surface area contributed by atoms with Gasteiger partial charge in [-0.05, 0) is 66.2 Å². The topological polar surface area (TPSA) is 77.0 Å². The molecule has 0 bridgehead atoms. The first-order valence-corrected chi connectivity index (χ1v) is 9.68. The fraction of sp³-hybridized carbons (Fsp3) is 0.250. The minimum Gasteiger partial charge on any atom is -0.492 e. The van der Waals surface area contributed by atoms with Gasteiger partial charge < -0.3 is 9.57 Å². The Morgan fingerprint density at radius 3 is 2.33 bits per heavy atom. The molecule has 1 N–H and O–H groups in total. The van der Waals surface area contributed by atoms with Gasteiger partial charge in [-0.3, -0.25) is 14.9 Å². The molecule has 1 aliphatic rings. The Morgan fingerprint density at radius 1 is 1.10 bits per heavy atom. The average molecular weight is 438 g/mol. The van der Waals surface area contributed by atoms with Crippen molar-refractivity contribution in [1.29, 1.82) is 0 Å². The smallest absolute Gasteiger partial charge is 0.416 e. The van der Waals surface area contributed by atoms with E-state index < -0.39 is 17.0 Å². The second kappa shape index (κ2) is 9.21. The number of imide groups is 1. The van der Waals surface area contributed by atoms with Crippen LogP contribution in [0, 0.1) is 0 Å². The third kappa shape index (κ3) is 5.76. The number of alkyl halides is 3. The highest BCUT2D eigenvalue weighted by atomic mass is 32.2. The van der Waals surface area contributed by atoms with E-state index in [0.717, 1.165) is 29.5 Å². The molecule has 1 saturated heterocycles. The second-order valence-electron chi connectivity index (χ2n) is 6.36. The van der Waals surface area contributed by atoms with Gasteiger partial charge in [0.2, 0.25) is 5.91 Å². The number of ether oxygens (including phenoxy) is 1. The van der Waals surface area contributed by atoms with E-state index in [4.69, 9.17) is 9.57 Å². The van der Waals surface area contributed by atoms with E-state index in [-0.39, 0.29) is 24.4 Å². The number of halogens is 3. The third-order valence-corrected chi connectivity index (χ3v) is 5.11. The van der Waals surface area contributed by atoms with Gasteiger partial charge in [0, 0.05) is 0 Å². The fourth-order valence-electron chi connectivity index (χ4n) is 2.51. The molecular weight excluding hydrogens is 421 g/mol. The van der Waals surface area contributed by atoms with Crippen LogP contribution in [0.2, 0.25) is 0 Å². The summed E-state index contributed by atoms with van der Waals surface area (Å²) in [7, 11) is 0. The summed E-state index contributed by atoms with van der Waals surface area (Å²) in [5, 5.41) is 5.22. The van der Waals surface area contributed by atoms with Crippen LogP contribution in [0.5, 0.6) is 5.75 Å².